The lowest BCUT2D eigenvalue weighted by molar-refractivity contribution is -0.124. The van der Waals surface area contributed by atoms with Crippen molar-refractivity contribution in [3.63, 3.8) is 0 Å². The molecule has 2 aromatic rings. The molecule has 0 aliphatic carbocycles. The van der Waals surface area contributed by atoms with E-state index in [1.165, 1.54) is 5.56 Å². The largest absolute Gasteiger partial charge is 0.368 e. The van der Waals surface area contributed by atoms with Gasteiger partial charge in [-0.3, -0.25) is 9.59 Å². The van der Waals surface area contributed by atoms with E-state index in [4.69, 9.17) is 4.74 Å². The molecule has 2 amide bonds. The number of nitrogens with zero attached hydrogens (tertiary/aromatic N) is 1. The first kappa shape index (κ1) is 18.7. The summed E-state index contributed by atoms with van der Waals surface area (Å²) in [6, 6.07) is 17.8. The van der Waals surface area contributed by atoms with Crippen LogP contribution in [0, 0.1) is 0 Å². The van der Waals surface area contributed by atoms with Gasteiger partial charge in [-0.05, 0) is 55.9 Å². The Kier molecular flexibility index (Phi) is 5.72. The Morgan fingerprint density at radius 2 is 1.89 bits per heavy atom. The number of amides is 2. The first-order valence-electron chi connectivity index (χ1n) is 10.1. The number of ether oxygens (including phenoxy) is 1. The zero-order valence-corrected chi connectivity index (χ0v) is 16.0. The van der Waals surface area contributed by atoms with Crippen LogP contribution < -0.4 is 5.32 Å². The van der Waals surface area contributed by atoms with Crippen LogP contribution in [0.5, 0.6) is 0 Å². The summed E-state index contributed by atoms with van der Waals surface area (Å²) in [5.41, 5.74) is 2.51. The summed E-state index contributed by atoms with van der Waals surface area (Å²) in [7, 11) is 0. The van der Waals surface area contributed by atoms with E-state index in [0.717, 1.165) is 38.6 Å². The number of nitrogens with one attached hydrogen (secondary N) is 1. The molecule has 2 saturated heterocycles. The van der Waals surface area contributed by atoms with Gasteiger partial charge in [0.2, 0.25) is 0 Å². The molecule has 5 nitrogen and oxygen atoms in total. The molecule has 28 heavy (non-hydrogen) atoms. The molecule has 2 fully saturated rings. The molecule has 1 N–H and O–H groups in total. The molecule has 2 atom stereocenters. The summed E-state index contributed by atoms with van der Waals surface area (Å²) >= 11 is 0. The summed E-state index contributed by atoms with van der Waals surface area (Å²) < 4.78 is 5.43. The monoisotopic (exact) mass is 378 g/mol. The van der Waals surface area contributed by atoms with Crippen molar-refractivity contribution in [3.8, 4) is 0 Å². The Balaban J connectivity index is 1.44. The summed E-state index contributed by atoms with van der Waals surface area (Å²) in [6.07, 6.45) is 4.21. The standard InChI is InChI=1S/C23H26N2O3/c26-22(21-12-6-14-28-21)24-19-10-4-9-18(16-19)23(27)25-13-5-11-20(25)15-17-7-2-1-3-8-17/h1-4,7-10,16,20-21H,5-6,11-15H2,(H,24,26)/t20-,21-/m1/s1. The number of hydrogen-bond donors (Lipinski definition) is 1. The fourth-order valence-corrected chi connectivity index (χ4v) is 4.10. The third-order valence-electron chi connectivity index (χ3n) is 5.55. The van der Waals surface area contributed by atoms with Crippen molar-refractivity contribution < 1.29 is 14.3 Å². The fourth-order valence-electron chi connectivity index (χ4n) is 4.10. The van der Waals surface area contributed by atoms with Crippen molar-refractivity contribution in [2.45, 2.75) is 44.2 Å². The zero-order valence-electron chi connectivity index (χ0n) is 16.0. The normalized spacial score (nSPS) is 21.6. The lowest BCUT2D eigenvalue weighted by atomic mass is 10.0. The first-order valence-corrected chi connectivity index (χ1v) is 10.1. The first-order chi connectivity index (χ1) is 13.7. The topological polar surface area (TPSA) is 58.6 Å². The molecular formula is C23H26N2O3. The predicted octanol–water partition coefficient (Wildman–Crippen LogP) is 3.65. The van der Waals surface area contributed by atoms with Gasteiger partial charge in [0, 0.05) is 30.4 Å². The maximum Gasteiger partial charge on any atom is 0.254 e. The number of anilines is 1. The van der Waals surface area contributed by atoms with Gasteiger partial charge in [0.1, 0.15) is 6.10 Å². The lowest BCUT2D eigenvalue weighted by Crippen LogP contribution is -2.36. The van der Waals surface area contributed by atoms with E-state index in [9.17, 15) is 9.59 Å². The highest BCUT2D eigenvalue weighted by molar-refractivity contribution is 5.98. The Morgan fingerprint density at radius 1 is 1.04 bits per heavy atom. The van der Waals surface area contributed by atoms with Gasteiger partial charge in [-0.1, -0.05) is 36.4 Å². The molecule has 0 saturated carbocycles. The molecule has 5 heteroatoms. The summed E-state index contributed by atoms with van der Waals surface area (Å²) in [5.74, 6) is -0.100. The minimum atomic E-state index is -0.381. The SMILES string of the molecule is O=C(Nc1cccc(C(=O)N2CCC[C@@H]2Cc2ccccc2)c1)[C@H]1CCCO1. The van der Waals surface area contributed by atoms with Crippen LogP contribution in [-0.2, 0) is 16.0 Å². The molecule has 2 aromatic carbocycles. The van der Waals surface area contributed by atoms with E-state index in [1.807, 2.05) is 41.3 Å². The number of hydrogen-bond acceptors (Lipinski definition) is 3. The fraction of sp³-hybridized carbons (Fsp3) is 0.391. The van der Waals surface area contributed by atoms with Gasteiger partial charge in [0.15, 0.2) is 0 Å². The van der Waals surface area contributed by atoms with Crippen LogP contribution in [0.25, 0.3) is 0 Å². The number of likely N-dealkylation sites (tertiary alicyclic amines) is 1. The van der Waals surface area contributed by atoms with Gasteiger partial charge < -0.3 is 15.0 Å². The van der Waals surface area contributed by atoms with E-state index in [2.05, 4.69) is 17.4 Å². The molecule has 0 spiro atoms. The van der Waals surface area contributed by atoms with Gasteiger partial charge in [0.05, 0.1) is 0 Å². The van der Waals surface area contributed by atoms with Gasteiger partial charge in [0.25, 0.3) is 11.8 Å². The number of benzene rings is 2. The molecule has 0 radical (unpaired) electrons. The molecule has 0 bridgehead atoms. The average Bonchev–Trinajstić information content (AvgIpc) is 3.41. The second-order valence-electron chi connectivity index (χ2n) is 7.56. The summed E-state index contributed by atoms with van der Waals surface area (Å²) in [6.45, 7) is 1.41. The second-order valence-corrected chi connectivity index (χ2v) is 7.56. The Hall–Kier alpha value is -2.66. The van der Waals surface area contributed by atoms with Gasteiger partial charge in [-0.25, -0.2) is 0 Å². The van der Waals surface area contributed by atoms with E-state index in [-0.39, 0.29) is 24.0 Å². The number of rotatable bonds is 5. The molecule has 146 valence electrons. The van der Waals surface area contributed by atoms with Gasteiger partial charge in [-0.15, -0.1) is 0 Å². The Labute approximate surface area is 165 Å². The van der Waals surface area contributed by atoms with E-state index in [1.54, 1.807) is 6.07 Å². The van der Waals surface area contributed by atoms with Crippen molar-refractivity contribution in [1.29, 1.82) is 0 Å². The smallest absolute Gasteiger partial charge is 0.254 e. The van der Waals surface area contributed by atoms with Crippen molar-refractivity contribution >= 4 is 17.5 Å². The Morgan fingerprint density at radius 3 is 2.68 bits per heavy atom. The predicted molar refractivity (Wildman–Crippen MR) is 108 cm³/mol. The third kappa shape index (κ3) is 4.25. The summed E-state index contributed by atoms with van der Waals surface area (Å²) in [5, 5.41) is 2.89. The van der Waals surface area contributed by atoms with Gasteiger partial charge in [-0.2, -0.15) is 0 Å². The number of carbonyl (C=O) groups is 2. The third-order valence-corrected chi connectivity index (χ3v) is 5.55. The van der Waals surface area contributed by atoms with E-state index < -0.39 is 0 Å². The minimum absolute atomic E-state index is 0.0339. The second kappa shape index (κ2) is 8.57. The minimum Gasteiger partial charge on any atom is -0.368 e. The van der Waals surface area contributed by atoms with E-state index in [0.29, 0.717) is 17.9 Å². The molecule has 0 unspecified atom stereocenters. The molecule has 2 heterocycles. The van der Waals surface area contributed by atoms with Crippen molar-refractivity contribution in [3.05, 3.63) is 65.7 Å². The highest BCUT2D eigenvalue weighted by atomic mass is 16.5. The van der Waals surface area contributed by atoms with Crippen LogP contribution in [0.4, 0.5) is 5.69 Å². The van der Waals surface area contributed by atoms with Crippen molar-refractivity contribution in [1.82, 2.24) is 4.90 Å². The maximum absolute atomic E-state index is 13.1. The zero-order chi connectivity index (χ0) is 19.3. The van der Waals surface area contributed by atoms with Crippen LogP contribution in [0.2, 0.25) is 0 Å². The average molecular weight is 378 g/mol. The van der Waals surface area contributed by atoms with Crippen LogP contribution in [0.1, 0.15) is 41.6 Å². The Bertz CT molecular complexity index is 831. The van der Waals surface area contributed by atoms with Gasteiger partial charge >= 0.3 is 0 Å². The maximum atomic E-state index is 13.1. The molecule has 0 aromatic heterocycles. The van der Waals surface area contributed by atoms with Crippen LogP contribution in [-0.4, -0.2) is 42.0 Å². The molecule has 2 aliphatic heterocycles. The quantitative estimate of drug-likeness (QED) is 0.864. The van der Waals surface area contributed by atoms with Crippen molar-refractivity contribution in [2.24, 2.45) is 0 Å². The van der Waals surface area contributed by atoms with E-state index >= 15 is 0 Å². The van der Waals surface area contributed by atoms with Crippen LogP contribution >= 0.6 is 0 Å². The highest BCUT2D eigenvalue weighted by Crippen LogP contribution is 2.24. The summed E-state index contributed by atoms with van der Waals surface area (Å²) in [4.78, 5) is 27.4. The van der Waals surface area contributed by atoms with Crippen molar-refractivity contribution in [2.75, 3.05) is 18.5 Å². The van der Waals surface area contributed by atoms with Crippen LogP contribution in [0.15, 0.2) is 54.6 Å². The lowest BCUT2D eigenvalue weighted by Gasteiger charge is -2.25. The highest BCUT2D eigenvalue weighted by Gasteiger charge is 2.30. The molecule has 2 aliphatic rings. The van der Waals surface area contributed by atoms with Crippen LogP contribution in [0.3, 0.4) is 0 Å². The molecule has 4 rings (SSSR count). The molecular weight excluding hydrogens is 352 g/mol. The number of carbonyl (C=O) groups excluding carboxylic acids is 2.